The molecule has 0 saturated heterocycles. The van der Waals surface area contributed by atoms with Gasteiger partial charge in [-0.25, -0.2) is 0 Å². The Kier molecular flexibility index (Phi) is 5.30. The second-order valence-electron chi connectivity index (χ2n) is 4.50. The summed E-state index contributed by atoms with van der Waals surface area (Å²) in [6.07, 6.45) is 5.42. The van der Waals surface area contributed by atoms with Crippen LogP contribution >= 0.6 is 15.9 Å². The fourth-order valence-electron chi connectivity index (χ4n) is 1.91. The molecule has 0 fully saturated rings. The first kappa shape index (κ1) is 14.7. The number of ether oxygens (including phenoxy) is 1. The number of carbonyl (C=O) groups excluding carboxylic acids is 1. The van der Waals surface area contributed by atoms with Crippen LogP contribution in [0.2, 0.25) is 0 Å². The van der Waals surface area contributed by atoms with Gasteiger partial charge in [0.05, 0.1) is 12.2 Å². The Labute approximate surface area is 127 Å². The largest absolute Gasteiger partial charge is 0.493 e. The van der Waals surface area contributed by atoms with Crippen molar-refractivity contribution in [2.45, 2.75) is 19.8 Å². The maximum absolute atomic E-state index is 11.6. The molecule has 0 radical (unpaired) electrons. The molecule has 4 heteroatoms. The Morgan fingerprint density at radius 1 is 1.25 bits per heavy atom. The molecule has 0 atom stereocenters. The first-order chi connectivity index (χ1) is 9.66. The van der Waals surface area contributed by atoms with Crippen molar-refractivity contribution in [2.24, 2.45) is 0 Å². The van der Waals surface area contributed by atoms with Gasteiger partial charge in [0.1, 0.15) is 5.75 Å². The van der Waals surface area contributed by atoms with Crippen molar-refractivity contribution in [3.05, 3.63) is 58.3 Å². The molecule has 0 aliphatic rings. The third-order valence-electron chi connectivity index (χ3n) is 2.94. The minimum Gasteiger partial charge on any atom is -0.493 e. The molecule has 0 unspecified atom stereocenters. The Hall–Kier alpha value is -1.68. The summed E-state index contributed by atoms with van der Waals surface area (Å²) in [6.45, 7) is 2.13. The Morgan fingerprint density at radius 3 is 2.70 bits per heavy atom. The number of hydrogen-bond acceptors (Lipinski definition) is 3. The van der Waals surface area contributed by atoms with Gasteiger partial charge < -0.3 is 4.74 Å². The van der Waals surface area contributed by atoms with E-state index in [-0.39, 0.29) is 5.78 Å². The lowest BCUT2D eigenvalue weighted by Crippen LogP contribution is -2.04. The van der Waals surface area contributed by atoms with E-state index in [1.165, 1.54) is 5.56 Å². The van der Waals surface area contributed by atoms with Crippen LogP contribution in [0.15, 0.2) is 47.2 Å². The molecule has 0 aliphatic heterocycles. The van der Waals surface area contributed by atoms with Crippen LogP contribution in [0, 0.1) is 0 Å². The van der Waals surface area contributed by atoms with E-state index in [4.69, 9.17) is 4.74 Å². The normalized spacial score (nSPS) is 10.3. The highest BCUT2D eigenvalue weighted by molar-refractivity contribution is 9.10. The lowest BCUT2D eigenvalue weighted by molar-refractivity contribution is 0.101. The summed E-state index contributed by atoms with van der Waals surface area (Å²) in [5.41, 5.74) is 1.86. The van der Waals surface area contributed by atoms with Gasteiger partial charge in [0.2, 0.25) is 0 Å². The number of aromatic nitrogens is 1. The fourth-order valence-corrected chi connectivity index (χ4v) is 2.27. The summed E-state index contributed by atoms with van der Waals surface area (Å²) in [5, 5.41) is 0. The second kappa shape index (κ2) is 7.20. The van der Waals surface area contributed by atoms with Gasteiger partial charge in [-0.1, -0.05) is 15.9 Å². The van der Waals surface area contributed by atoms with Crippen LogP contribution in [0.4, 0.5) is 0 Å². The van der Waals surface area contributed by atoms with Crippen molar-refractivity contribution < 1.29 is 9.53 Å². The van der Waals surface area contributed by atoms with Crippen LogP contribution in [0.3, 0.4) is 0 Å². The quantitative estimate of drug-likeness (QED) is 0.591. The van der Waals surface area contributed by atoms with Crippen molar-refractivity contribution in [1.82, 2.24) is 4.98 Å². The van der Waals surface area contributed by atoms with Crippen LogP contribution in [-0.4, -0.2) is 17.4 Å². The predicted molar refractivity (Wildman–Crippen MR) is 82.2 cm³/mol. The van der Waals surface area contributed by atoms with E-state index in [1.54, 1.807) is 25.4 Å². The molecule has 1 aromatic carbocycles. The Balaban J connectivity index is 1.90. The van der Waals surface area contributed by atoms with Crippen LogP contribution in [-0.2, 0) is 6.42 Å². The van der Waals surface area contributed by atoms with E-state index < -0.39 is 0 Å². The molecular formula is C16H16BrNO2. The van der Waals surface area contributed by atoms with E-state index in [9.17, 15) is 4.79 Å². The highest BCUT2D eigenvalue weighted by Gasteiger charge is 2.08. The summed E-state index contributed by atoms with van der Waals surface area (Å²) in [6, 6.07) is 9.50. The van der Waals surface area contributed by atoms with E-state index in [0.29, 0.717) is 17.9 Å². The molecule has 1 heterocycles. The summed E-state index contributed by atoms with van der Waals surface area (Å²) in [5.74, 6) is 0.658. The number of benzene rings is 1. The van der Waals surface area contributed by atoms with Gasteiger partial charge in [0.15, 0.2) is 5.78 Å². The van der Waals surface area contributed by atoms with Crippen LogP contribution in [0.5, 0.6) is 5.75 Å². The lowest BCUT2D eigenvalue weighted by Gasteiger charge is -2.10. The van der Waals surface area contributed by atoms with Crippen molar-refractivity contribution in [1.29, 1.82) is 0 Å². The maximum Gasteiger partial charge on any atom is 0.163 e. The third kappa shape index (κ3) is 4.17. The van der Waals surface area contributed by atoms with Gasteiger partial charge in [-0.2, -0.15) is 0 Å². The highest BCUT2D eigenvalue weighted by Crippen LogP contribution is 2.24. The predicted octanol–water partition coefficient (Wildman–Crippen LogP) is 4.06. The van der Waals surface area contributed by atoms with E-state index in [2.05, 4.69) is 20.9 Å². The second-order valence-corrected chi connectivity index (χ2v) is 5.42. The topological polar surface area (TPSA) is 39.2 Å². The zero-order valence-electron chi connectivity index (χ0n) is 11.3. The number of ketones is 1. The van der Waals surface area contributed by atoms with Crippen LogP contribution in [0.25, 0.3) is 0 Å². The molecule has 0 spiro atoms. The van der Waals surface area contributed by atoms with Gasteiger partial charge in [-0.3, -0.25) is 9.78 Å². The highest BCUT2D eigenvalue weighted by atomic mass is 79.9. The van der Waals surface area contributed by atoms with Gasteiger partial charge in [0, 0.05) is 16.9 Å². The van der Waals surface area contributed by atoms with E-state index in [1.807, 2.05) is 24.3 Å². The van der Waals surface area contributed by atoms with Crippen LogP contribution in [0.1, 0.15) is 29.3 Å². The van der Waals surface area contributed by atoms with Gasteiger partial charge in [-0.15, -0.1) is 0 Å². The van der Waals surface area contributed by atoms with Crippen LogP contribution < -0.4 is 4.74 Å². The number of Topliss-reactive ketones (excluding diaryl/α,β-unsaturated/α-hetero) is 1. The molecule has 0 N–H and O–H groups in total. The average Bonchev–Trinajstić information content (AvgIpc) is 2.45. The molecule has 0 amide bonds. The Morgan fingerprint density at radius 2 is 2.00 bits per heavy atom. The maximum atomic E-state index is 11.6. The van der Waals surface area contributed by atoms with Crippen molar-refractivity contribution >= 4 is 21.7 Å². The van der Waals surface area contributed by atoms with Crippen molar-refractivity contribution in [3.63, 3.8) is 0 Å². The smallest absolute Gasteiger partial charge is 0.163 e. The van der Waals surface area contributed by atoms with E-state index >= 15 is 0 Å². The zero-order chi connectivity index (χ0) is 14.4. The molecule has 20 heavy (non-hydrogen) atoms. The lowest BCUT2D eigenvalue weighted by atomic mass is 10.1. The third-order valence-corrected chi connectivity index (χ3v) is 3.43. The number of halogens is 1. The molecular weight excluding hydrogens is 318 g/mol. The van der Waals surface area contributed by atoms with E-state index in [0.717, 1.165) is 17.3 Å². The fraction of sp³-hybridized carbons (Fsp3) is 0.250. The number of pyridine rings is 1. The number of hydrogen-bond donors (Lipinski definition) is 0. The minimum absolute atomic E-state index is 0.00966. The van der Waals surface area contributed by atoms with Gasteiger partial charge in [0.25, 0.3) is 0 Å². The molecule has 0 saturated carbocycles. The molecule has 0 bridgehead atoms. The zero-order valence-corrected chi connectivity index (χ0v) is 12.9. The molecule has 0 aliphatic carbocycles. The summed E-state index contributed by atoms with van der Waals surface area (Å²) in [4.78, 5) is 15.6. The number of carbonyl (C=O) groups is 1. The monoisotopic (exact) mass is 333 g/mol. The average molecular weight is 334 g/mol. The van der Waals surface area contributed by atoms with Gasteiger partial charge >= 0.3 is 0 Å². The molecule has 2 rings (SSSR count). The van der Waals surface area contributed by atoms with Crippen molar-refractivity contribution in [2.75, 3.05) is 6.61 Å². The first-order valence-electron chi connectivity index (χ1n) is 6.49. The number of nitrogens with zero attached hydrogens (tertiary/aromatic N) is 1. The first-order valence-corrected chi connectivity index (χ1v) is 7.28. The number of aryl methyl sites for hydroxylation is 1. The molecule has 104 valence electrons. The van der Waals surface area contributed by atoms with Gasteiger partial charge in [-0.05, 0) is 55.7 Å². The molecule has 2 aromatic rings. The molecule has 1 aromatic heterocycles. The minimum atomic E-state index is 0.00966. The molecule has 3 nitrogen and oxygen atoms in total. The number of rotatable bonds is 6. The Bertz CT molecular complexity index is 584. The summed E-state index contributed by atoms with van der Waals surface area (Å²) in [7, 11) is 0. The SMILES string of the molecule is CC(=O)c1cc(Br)ccc1OCCCc1ccncc1. The summed E-state index contributed by atoms with van der Waals surface area (Å²) < 4.78 is 6.60. The summed E-state index contributed by atoms with van der Waals surface area (Å²) >= 11 is 3.36. The standard InChI is InChI=1S/C16H16BrNO2/c1-12(19)15-11-14(17)4-5-16(15)20-10-2-3-13-6-8-18-9-7-13/h4-9,11H,2-3,10H2,1H3. The van der Waals surface area contributed by atoms with Crippen molar-refractivity contribution in [3.8, 4) is 5.75 Å².